The van der Waals surface area contributed by atoms with E-state index >= 15 is 0 Å². The molecule has 1 aliphatic carbocycles. The van der Waals surface area contributed by atoms with E-state index in [0.29, 0.717) is 12.3 Å². The lowest BCUT2D eigenvalue weighted by molar-refractivity contribution is -0.116. The number of aromatic amines is 1. The second-order valence-corrected chi connectivity index (χ2v) is 3.47. The number of nitrogens with one attached hydrogen (secondary N) is 1. The number of ketones is 1. The van der Waals surface area contributed by atoms with Gasteiger partial charge >= 0.3 is 0 Å². The average Bonchev–Trinajstić information content (AvgIpc) is 2.73. The van der Waals surface area contributed by atoms with Crippen LogP contribution in [0.5, 0.6) is 0 Å². The predicted molar refractivity (Wildman–Crippen MR) is 44.9 cm³/mol. The molecule has 12 heavy (non-hydrogen) atoms. The van der Waals surface area contributed by atoms with E-state index in [1.807, 2.05) is 6.07 Å². The molecule has 0 atom stereocenters. The smallest absolute Gasteiger partial charge is 0.135 e. The zero-order chi connectivity index (χ0) is 8.55. The summed E-state index contributed by atoms with van der Waals surface area (Å²) in [6.45, 7) is 1.59. The molecule has 1 aliphatic rings. The van der Waals surface area contributed by atoms with E-state index in [1.54, 1.807) is 6.92 Å². The van der Waals surface area contributed by atoms with Gasteiger partial charge in [0, 0.05) is 18.0 Å². The van der Waals surface area contributed by atoms with Crippen LogP contribution >= 0.6 is 0 Å². The van der Waals surface area contributed by atoms with Crippen molar-refractivity contribution in [3.8, 4) is 0 Å². The molecule has 0 unspecified atom stereocenters. The van der Waals surface area contributed by atoms with Gasteiger partial charge in [-0.3, -0.25) is 9.89 Å². The monoisotopic (exact) mass is 164 g/mol. The fourth-order valence-electron chi connectivity index (χ4n) is 1.33. The van der Waals surface area contributed by atoms with Gasteiger partial charge in [0.1, 0.15) is 5.78 Å². The van der Waals surface area contributed by atoms with Gasteiger partial charge in [-0.15, -0.1) is 0 Å². The number of carbonyl (C=O) groups is 1. The summed E-state index contributed by atoms with van der Waals surface area (Å²) in [4.78, 5) is 10.8. The normalized spacial score (nSPS) is 16.4. The highest BCUT2D eigenvalue weighted by molar-refractivity contribution is 5.77. The lowest BCUT2D eigenvalue weighted by atomic mass is 10.2. The Hall–Kier alpha value is -1.12. The third-order valence-corrected chi connectivity index (χ3v) is 2.09. The van der Waals surface area contributed by atoms with Crippen LogP contribution < -0.4 is 0 Å². The second kappa shape index (κ2) is 2.73. The lowest BCUT2D eigenvalue weighted by Gasteiger charge is -1.87. The highest BCUT2D eigenvalue weighted by atomic mass is 16.1. The number of hydrogen-bond acceptors (Lipinski definition) is 2. The zero-order valence-electron chi connectivity index (χ0n) is 7.13. The minimum Gasteiger partial charge on any atom is -0.300 e. The van der Waals surface area contributed by atoms with Crippen LogP contribution in [-0.2, 0) is 11.2 Å². The molecule has 0 bridgehead atoms. The van der Waals surface area contributed by atoms with Gasteiger partial charge in [0.15, 0.2) is 0 Å². The maximum Gasteiger partial charge on any atom is 0.135 e. The Morgan fingerprint density at radius 2 is 2.50 bits per heavy atom. The summed E-state index contributed by atoms with van der Waals surface area (Å²) < 4.78 is 0. The summed E-state index contributed by atoms with van der Waals surface area (Å²) >= 11 is 0. The van der Waals surface area contributed by atoms with Gasteiger partial charge < -0.3 is 0 Å². The van der Waals surface area contributed by atoms with E-state index in [0.717, 1.165) is 11.4 Å². The maximum absolute atomic E-state index is 10.8. The fourth-order valence-corrected chi connectivity index (χ4v) is 1.33. The summed E-state index contributed by atoms with van der Waals surface area (Å²) in [5, 5.41) is 7.04. The van der Waals surface area contributed by atoms with Crippen molar-refractivity contribution >= 4 is 5.78 Å². The Morgan fingerprint density at radius 3 is 3.08 bits per heavy atom. The van der Waals surface area contributed by atoms with Crippen LogP contribution in [0.2, 0.25) is 0 Å². The maximum atomic E-state index is 10.8. The Balaban J connectivity index is 2.07. The molecule has 1 heterocycles. The molecule has 3 nitrogen and oxygen atoms in total. The molecule has 2 rings (SSSR count). The van der Waals surface area contributed by atoms with Gasteiger partial charge in [0.2, 0.25) is 0 Å². The van der Waals surface area contributed by atoms with Crippen molar-refractivity contribution in [2.24, 2.45) is 0 Å². The van der Waals surface area contributed by atoms with Gasteiger partial charge in [-0.05, 0) is 25.8 Å². The molecule has 0 aromatic carbocycles. The largest absolute Gasteiger partial charge is 0.300 e. The molecule has 3 heteroatoms. The fraction of sp³-hybridized carbons (Fsp3) is 0.556. The second-order valence-electron chi connectivity index (χ2n) is 3.47. The van der Waals surface area contributed by atoms with E-state index in [1.165, 1.54) is 12.8 Å². The van der Waals surface area contributed by atoms with Crippen molar-refractivity contribution in [3.05, 3.63) is 17.5 Å². The van der Waals surface area contributed by atoms with Gasteiger partial charge in [0.05, 0.1) is 5.69 Å². The number of hydrogen-bond donors (Lipinski definition) is 1. The van der Waals surface area contributed by atoms with Crippen LogP contribution in [0.25, 0.3) is 0 Å². The van der Waals surface area contributed by atoms with Crippen LogP contribution in [0.15, 0.2) is 6.07 Å². The van der Waals surface area contributed by atoms with E-state index in [4.69, 9.17) is 0 Å². The molecule has 64 valence electrons. The van der Waals surface area contributed by atoms with Gasteiger partial charge in [-0.25, -0.2) is 0 Å². The highest BCUT2D eigenvalue weighted by Crippen LogP contribution is 2.38. The molecule has 1 aromatic heterocycles. The molecule has 0 radical (unpaired) electrons. The topological polar surface area (TPSA) is 45.8 Å². The third-order valence-electron chi connectivity index (χ3n) is 2.09. The molecule has 0 saturated heterocycles. The van der Waals surface area contributed by atoms with Crippen LogP contribution in [0.3, 0.4) is 0 Å². The minimum absolute atomic E-state index is 0.181. The van der Waals surface area contributed by atoms with Crippen LogP contribution in [0.1, 0.15) is 37.1 Å². The van der Waals surface area contributed by atoms with E-state index in [-0.39, 0.29) is 5.78 Å². The molecule has 1 fully saturated rings. The number of rotatable bonds is 3. The quantitative estimate of drug-likeness (QED) is 0.734. The SMILES string of the molecule is CC(=O)Cc1cc(C2CC2)n[nH]1. The highest BCUT2D eigenvalue weighted by Gasteiger charge is 2.25. The molecule has 1 saturated carbocycles. The Bertz CT molecular complexity index is 299. The zero-order valence-corrected chi connectivity index (χ0v) is 7.13. The molecule has 0 amide bonds. The first-order valence-corrected chi connectivity index (χ1v) is 4.29. The first kappa shape index (κ1) is 7.53. The number of H-pyrrole nitrogens is 1. The van der Waals surface area contributed by atoms with Crippen molar-refractivity contribution < 1.29 is 4.79 Å². The van der Waals surface area contributed by atoms with Crippen LogP contribution in [-0.4, -0.2) is 16.0 Å². The van der Waals surface area contributed by atoms with Gasteiger partial charge in [-0.2, -0.15) is 5.10 Å². The predicted octanol–water partition coefficient (Wildman–Crippen LogP) is 1.42. The first-order valence-electron chi connectivity index (χ1n) is 4.29. The molecule has 0 aliphatic heterocycles. The standard InChI is InChI=1S/C9H12N2O/c1-6(12)4-8-5-9(11-10-8)7-2-3-7/h5,7H,2-4H2,1H3,(H,10,11). The number of Topliss-reactive ketones (excluding diaryl/α,β-unsaturated/α-hetero) is 1. The van der Waals surface area contributed by atoms with Crippen molar-refractivity contribution in [2.75, 3.05) is 0 Å². The Morgan fingerprint density at radius 1 is 1.75 bits per heavy atom. The van der Waals surface area contributed by atoms with Crippen LogP contribution in [0.4, 0.5) is 0 Å². The first-order chi connectivity index (χ1) is 5.75. The third kappa shape index (κ3) is 1.55. The Kier molecular flexibility index (Phi) is 1.71. The summed E-state index contributed by atoms with van der Waals surface area (Å²) in [5.74, 6) is 0.850. The van der Waals surface area contributed by atoms with E-state index in [2.05, 4.69) is 10.2 Å². The van der Waals surface area contributed by atoms with Gasteiger partial charge in [0.25, 0.3) is 0 Å². The van der Waals surface area contributed by atoms with E-state index in [9.17, 15) is 4.79 Å². The number of carbonyl (C=O) groups excluding carboxylic acids is 1. The lowest BCUT2D eigenvalue weighted by Crippen LogP contribution is -1.95. The van der Waals surface area contributed by atoms with Crippen LogP contribution in [0, 0.1) is 0 Å². The van der Waals surface area contributed by atoms with Crippen molar-refractivity contribution in [1.29, 1.82) is 0 Å². The minimum atomic E-state index is 0.181. The molecular formula is C9H12N2O. The molecule has 1 aromatic rings. The van der Waals surface area contributed by atoms with Gasteiger partial charge in [-0.1, -0.05) is 0 Å². The number of aromatic nitrogens is 2. The van der Waals surface area contributed by atoms with Crippen molar-refractivity contribution in [1.82, 2.24) is 10.2 Å². The molecular weight excluding hydrogens is 152 g/mol. The van der Waals surface area contributed by atoms with Crippen molar-refractivity contribution in [2.45, 2.75) is 32.1 Å². The summed E-state index contributed by atoms with van der Waals surface area (Å²) in [5.41, 5.74) is 2.08. The average molecular weight is 164 g/mol. The summed E-state index contributed by atoms with van der Waals surface area (Å²) in [6.07, 6.45) is 2.99. The molecule has 1 N–H and O–H groups in total. The Labute approximate surface area is 71.2 Å². The van der Waals surface area contributed by atoms with Crippen molar-refractivity contribution in [3.63, 3.8) is 0 Å². The van der Waals surface area contributed by atoms with E-state index < -0.39 is 0 Å². The summed E-state index contributed by atoms with van der Waals surface area (Å²) in [6, 6.07) is 2.01. The summed E-state index contributed by atoms with van der Waals surface area (Å²) in [7, 11) is 0. The number of nitrogens with zero attached hydrogens (tertiary/aromatic N) is 1. The molecule has 0 spiro atoms.